The molecule has 0 atom stereocenters. The van der Waals surface area contributed by atoms with Crippen LogP contribution in [-0.4, -0.2) is 22.0 Å². The van der Waals surface area contributed by atoms with E-state index >= 15 is 0 Å². The van der Waals surface area contributed by atoms with E-state index in [-0.39, 0.29) is 30.2 Å². The van der Waals surface area contributed by atoms with Gasteiger partial charge in [0.25, 0.3) is 5.56 Å². The van der Waals surface area contributed by atoms with E-state index in [2.05, 4.69) is 10.2 Å². The Morgan fingerprint density at radius 1 is 1.00 bits per heavy atom. The number of benzene rings is 2. The molecule has 130 valence electrons. The highest BCUT2D eigenvalue weighted by atomic mass is 35.5. The summed E-state index contributed by atoms with van der Waals surface area (Å²) in [7, 11) is 0. The minimum atomic E-state index is -0.248. The summed E-state index contributed by atoms with van der Waals surface area (Å²) < 4.78 is 0. The van der Waals surface area contributed by atoms with E-state index in [4.69, 9.17) is 11.6 Å². The summed E-state index contributed by atoms with van der Waals surface area (Å²) in [5.74, 6) is -0.497. The number of halogens is 1. The Kier molecular flexibility index (Phi) is 4.05. The average Bonchev–Trinajstić information content (AvgIpc) is 2.98. The standard InChI is InChI=1S/C19H14ClN3O3/c20-14-6-5-11(10-16(14)23-17(24)7-8-18(23)25)9-15-12-3-1-2-4-13(12)19(26)22-21-15/h1-6,10H,7-9H2,(H,22,26). The van der Waals surface area contributed by atoms with Gasteiger partial charge in [-0.25, -0.2) is 10.00 Å². The van der Waals surface area contributed by atoms with Crippen molar-refractivity contribution in [1.29, 1.82) is 0 Å². The molecule has 0 spiro atoms. The Morgan fingerprint density at radius 2 is 1.69 bits per heavy atom. The van der Waals surface area contributed by atoms with Crippen LogP contribution in [0.1, 0.15) is 24.1 Å². The molecule has 4 rings (SSSR count). The topological polar surface area (TPSA) is 83.1 Å². The highest BCUT2D eigenvalue weighted by Gasteiger charge is 2.31. The van der Waals surface area contributed by atoms with Gasteiger partial charge in [-0.3, -0.25) is 14.4 Å². The maximum atomic E-state index is 12.0. The maximum absolute atomic E-state index is 12.0. The lowest BCUT2D eigenvalue weighted by Crippen LogP contribution is -2.28. The molecular weight excluding hydrogens is 354 g/mol. The van der Waals surface area contributed by atoms with E-state index in [1.807, 2.05) is 18.2 Å². The second-order valence-corrected chi connectivity index (χ2v) is 6.54. The molecule has 0 unspecified atom stereocenters. The predicted molar refractivity (Wildman–Crippen MR) is 98.3 cm³/mol. The second-order valence-electron chi connectivity index (χ2n) is 6.13. The summed E-state index contributed by atoms with van der Waals surface area (Å²) in [6.07, 6.45) is 0.828. The van der Waals surface area contributed by atoms with Crippen molar-refractivity contribution in [2.75, 3.05) is 4.90 Å². The van der Waals surface area contributed by atoms with Gasteiger partial charge in [-0.15, -0.1) is 0 Å². The summed E-state index contributed by atoms with van der Waals surface area (Å²) in [6.45, 7) is 0. The summed E-state index contributed by atoms with van der Waals surface area (Å²) in [5, 5.41) is 8.35. The van der Waals surface area contributed by atoms with Crippen LogP contribution in [0.25, 0.3) is 10.8 Å². The number of H-pyrrole nitrogens is 1. The van der Waals surface area contributed by atoms with Crippen LogP contribution in [0.15, 0.2) is 47.3 Å². The van der Waals surface area contributed by atoms with Gasteiger partial charge in [0, 0.05) is 24.6 Å². The van der Waals surface area contributed by atoms with Crippen molar-refractivity contribution in [2.45, 2.75) is 19.3 Å². The number of carbonyl (C=O) groups excluding carboxylic acids is 2. The molecule has 0 aliphatic carbocycles. The van der Waals surface area contributed by atoms with Crippen molar-refractivity contribution >= 4 is 39.9 Å². The summed E-state index contributed by atoms with van der Waals surface area (Å²) in [4.78, 5) is 37.1. The molecule has 6 nitrogen and oxygen atoms in total. The van der Waals surface area contributed by atoms with Gasteiger partial charge in [-0.2, -0.15) is 5.10 Å². The third-order valence-electron chi connectivity index (χ3n) is 4.45. The molecule has 1 N–H and O–H groups in total. The van der Waals surface area contributed by atoms with Gasteiger partial charge in [-0.05, 0) is 23.8 Å². The van der Waals surface area contributed by atoms with E-state index < -0.39 is 0 Å². The minimum Gasteiger partial charge on any atom is -0.274 e. The third kappa shape index (κ3) is 2.78. The lowest BCUT2D eigenvalue weighted by atomic mass is 10.0. The number of fused-ring (bicyclic) bond motifs is 1. The molecule has 3 aromatic rings. The number of hydrogen-bond acceptors (Lipinski definition) is 4. The molecule has 1 aromatic heterocycles. The summed E-state index contributed by atoms with van der Waals surface area (Å²) >= 11 is 6.22. The number of carbonyl (C=O) groups is 2. The Morgan fingerprint density at radius 3 is 2.42 bits per heavy atom. The molecular formula is C19H14ClN3O3. The Balaban J connectivity index is 1.76. The normalized spacial score (nSPS) is 14.4. The van der Waals surface area contributed by atoms with Crippen LogP contribution in [0.2, 0.25) is 5.02 Å². The fourth-order valence-electron chi connectivity index (χ4n) is 3.18. The Labute approximate surface area is 153 Å². The molecule has 2 amide bonds. The van der Waals surface area contributed by atoms with E-state index in [0.29, 0.717) is 28.2 Å². The van der Waals surface area contributed by atoms with Crippen molar-refractivity contribution in [1.82, 2.24) is 10.2 Å². The Bertz CT molecular complexity index is 1090. The molecule has 1 aliphatic heterocycles. The van der Waals surface area contributed by atoms with E-state index in [0.717, 1.165) is 15.8 Å². The first kappa shape index (κ1) is 16.5. The number of aromatic nitrogens is 2. The number of anilines is 1. The molecule has 0 bridgehead atoms. The van der Waals surface area contributed by atoms with Crippen LogP contribution in [0, 0.1) is 0 Å². The number of nitrogens with one attached hydrogen (secondary N) is 1. The number of aromatic amines is 1. The Hall–Kier alpha value is -2.99. The fraction of sp³-hybridized carbons (Fsp3) is 0.158. The van der Waals surface area contributed by atoms with Crippen molar-refractivity contribution in [3.8, 4) is 0 Å². The molecule has 1 fully saturated rings. The van der Waals surface area contributed by atoms with Crippen LogP contribution in [0.4, 0.5) is 5.69 Å². The van der Waals surface area contributed by atoms with E-state index in [9.17, 15) is 14.4 Å². The minimum absolute atomic E-state index is 0.200. The maximum Gasteiger partial charge on any atom is 0.272 e. The van der Waals surface area contributed by atoms with Gasteiger partial charge in [0.2, 0.25) is 11.8 Å². The van der Waals surface area contributed by atoms with Crippen LogP contribution >= 0.6 is 11.6 Å². The molecule has 7 heteroatoms. The SMILES string of the molecule is O=C1CCC(=O)N1c1cc(Cc2n[nH]c(=O)c3ccccc23)ccc1Cl. The zero-order chi connectivity index (χ0) is 18.3. The van der Waals surface area contributed by atoms with Crippen molar-refractivity contribution in [3.63, 3.8) is 0 Å². The van der Waals surface area contributed by atoms with Crippen LogP contribution in [-0.2, 0) is 16.0 Å². The number of imide groups is 1. The highest BCUT2D eigenvalue weighted by molar-refractivity contribution is 6.35. The number of nitrogens with zero attached hydrogens (tertiary/aromatic N) is 2. The molecule has 0 saturated carbocycles. The van der Waals surface area contributed by atoms with Gasteiger partial charge >= 0.3 is 0 Å². The number of hydrogen-bond donors (Lipinski definition) is 1. The van der Waals surface area contributed by atoms with Crippen LogP contribution < -0.4 is 10.5 Å². The first-order chi connectivity index (χ1) is 12.5. The quantitative estimate of drug-likeness (QED) is 0.721. The zero-order valence-electron chi connectivity index (χ0n) is 13.7. The largest absolute Gasteiger partial charge is 0.274 e. The first-order valence-electron chi connectivity index (χ1n) is 8.15. The molecule has 1 aliphatic rings. The molecule has 1 saturated heterocycles. The fourth-order valence-corrected chi connectivity index (χ4v) is 3.39. The molecule has 2 heterocycles. The summed E-state index contributed by atoms with van der Waals surface area (Å²) in [6, 6.07) is 12.4. The van der Waals surface area contributed by atoms with E-state index in [1.54, 1.807) is 24.3 Å². The molecule has 26 heavy (non-hydrogen) atoms. The van der Waals surface area contributed by atoms with Gasteiger partial charge in [0.15, 0.2) is 0 Å². The first-order valence-corrected chi connectivity index (χ1v) is 8.53. The molecule has 2 aromatic carbocycles. The molecule has 0 radical (unpaired) electrons. The predicted octanol–water partition coefficient (Wildman–Crippen LogP) is 2.82. The van der Waals surface area contributed by atoms with Gasteiger partial charge < -0.3 is 0 Å². The smallest absolute Gasteiger partial charge is 0.272 e. The summed E-state index contributed by atoms with van der Waals surface area (Å²) in [5.41, 5.74) is 1.69. The van der Waals surface area contributed by atoms with Crippen molar-refractivity contribution in [3.05, 3.63) is 69.1 Å². The third-order valence-corrected chi connectivity index (χ3v) is 4.77. The highest BCUT2D eigenvalue weighted by Crippen LogP contribution is 2.32. The van der Waals surface area contributed by atoms with Crippen molar-refractivity contribution < 1.29 is 9.59 Å². The van der Waals surface area contributed by atoms with Gasteiger partial charge in [-0.1, -0.05) is 35.9 Å². The lowest BCUT2D eigenvalue weighted by molar-refractivity contribution is -0.121. The van der Waals surface area contributed by atoms with Gasteiger partial charge in [0.1, 0.15) is 0 Å². The van der Waals surface area contributed by atoms with Crippen LogP contribution in [0.3, 0.4) is 0 Å². The number of rotatable bonds is 3. The van der Waals surface area contributed by atoms with Crippen LogP contribution in [0.5, 0.6) is 0 Å². The monoisotopic (exact) mass is 367 g/mol. The zero-order valence-corrected chi connectivity index (χ0v) is 14.4. The lowest BCUT2D eigenvalue weighted by Gasteiger charge is -2.17. The van der Waals surface area contributed by atoms with E-state index in [1.165, 1.54) is 0 Å². The van der Waals surface area contributed by atoms with Gasteiger partial charge in [0.05, 0.1) is 21.8 Å². The number of amides is 2. The second kappa shape index (κ2) is 6.38. The van der Waals surface area contributed by atoms with Crippen molar-refractivity contribution in [2.24, 2.45) is 0 Å². The average molecular weight is 368 g/mol.